The molecule has 22 heavy (non-hydrogen) atoms. The highest BCUT2D eigenvalue weighted by atomic mass is 16.5. The second-order valence-corrected chi connectivity index (χ2v) is 6.56. The van der Waals surface area contributed by atoms with Gasteiger partial charge in [-0.2, -0.15) is 0 Å². The molecular formula is C18H28N2O2. The molecule has 0 aliphatic carbocycles. The number of nitrogens with zero attached hydrogens (tertiary/aromatic N) is 1. The number of aliphatic hydroxyl groups excluding tert-OH is 1. The number of aliphatic hydroxyl groups is 1. The van der Waals surface area contributed by atoms with Gasteiger partial charge < -0.3 is 20.1 Å². The Morgan fingerprint density at radius 2 is 1.91 bits per heavy atom. The third kappa shape index (κ3) is 4.53. The molecule has 0 bridgehead atoms. The van der Waals surface area contributed by atoms with Crippen LogP contribution in [0.2, 0.25) is 0 Å². The van der Waals surface area contributed by atoms with E-state index in [2.05, 4.69) is 40.5 Å². The lowest BCUT2D eigenvalue weighted by molar-refractivity contribution is -0.0214. The van der Waals surface area contributed by atoms with E-state index in [0.717, 1.165) is 45.3 Å². The van der Waals surface area contributed by atoms with Gasteiger partial charge in [0, 0.05) is 19.2 Å². The quantitative estimate of drug-likeness (QED) is 0.864. The lowest BCUT2D eigenvalue weighted by Gasteiger charge is -2.37. The van der Waals surface area contributed by atoms with Crippen molar-refractivity contribution in [2.75, 3.05) is 32.8 Å². The van der Waals surface area contributed by atoms with Crippen LogP contribution in [0.3, 0.4) is 0 Å². The average molecular weight is 304 g/mol. The minimum Gasteiger partial charge on any atom is -0.391 e. The Morgan fingerprint density at radius 3 is 2.64 bits per heavy atom. The van der Waals surface area contributed by atoms with Gasteiger partial charge in [-0.05, 0) is 44.3 Å². The average Bonchev–Trinajstić information content (AvgIpc) is 2.57. The summed E-state index contributed by atoms with van der Waals surface area (Å²) < 4.78 is 5.47. The van der Waals surface area contributed by atoms with Crippen LogP contribution in [0.15, 0.2) is 30.3 Å². The molecule has 0 unspecified atom stereocenters. The molecule has 2 atom stereocenters. The predicted octanol–water partition coefficient (Wildman–Crippen LogP) is 1.43. The van der Waals surface area contributed by atoms with E-state index >= 15 is 0 Å². The van der Waals surface area contributed by atoms with E-state index in [9.17, 15) is 5.11 Å². The lowest BCUT2D eigenvalue weighted by Crippen LogP contribution is -2.53. The number of rotatable bonds is 5. The first-order valence-electron chi connectivity index (χ1n) is 8.59. The molecule has 2 saturated heterocycles. The highest BCUT2D eigenvalue weighted by Gasteiger charge is 2.27. The molecule has 2 aliphatic rings. The first-order valence-corrected chi connectivity index (χ1v) is 8.59. The van der Waals surface area contributed by atoms with Crippen LogP contribution in [0, 0.1) is 0 Å². The summed E-state index contributed by atoms with van der Waals surface area (Å²) in [6, 6.07) is 11.4. The Labute approximate surface area is 133 Å². The number of ether oxygens (including phenoxy) is 1. The lowest BCUT2D eigenvalue weighted by atomic mass is 10.00. The molecule has 4 heteroatoms. The van der Waals surface area contributed by atoms with Crippen LogP contribution in [-0.2, 0) is 11.2 Å². The zero-order chi connectivity index (χ0) is 15.2. The number of piperidine rings is 1. The Bertz CT molecular complexity index is 432. The summed E-state index contributed by atoms with van der Waals surface area (Å²) >= 11 is 0. The van der Waals surface area contributed by atoms with Crippen molar-refractivity contribution >= 4 is 0 Å². The van der Waals surface area contributed by atoms with Gasteiger partial charge in [0.25, 0.3) is 0 Å². The van der Waals surface area contributed by atoms with Crippen LogP contribution < -0.4 is 5.32 Å². The molecule has 2 heterocycles. The van der Waals surface area contributed by atoms with Crippen LogP contribution in [0.25, 0.3) is 0 Å². The zero-order valence-corrected chi connectivity index (χ0v) is 13.3. The summed E-state index contributed by atoms with van der Waals surface area (Å²) in [7, 11) is 0. The van der Waals surface area contributed by atoms with Gasteiger partial charge in [-0.1, -0.05) is 30.3 Å². The molecule has 2 fully saturated rings. The monoisotopic (exact) mass is 304 g/mol. The molecular weight excluding hydrogens is 276 g/mol. The van der Waals surface area contributed by atoms with E-state index in [-0.39, 0.29) is 12.1 Å². The number of hydrogen-bond acceptors (Lipinski definition) is 4. The van der Waals surface area contributed by atoms with Crippen molar-refractivity contribution < 1.29 is 9.84 Å². The van der Waals surface area contributed by atoms with Crippen molar-refractivity contribution in [1.29, 1.82) is 0 Å². The Kier molecular flexibility index (Phi) is 5.84. The van der Waals surface area contributed by atoms with Crippen molar-refractivity contribution in [3.63, 3.8) is 0 Å². The van der Waals surface area contributed by atoms with Gasteiger partial charge in [-0.25, -0.2) is 0 Å². The molecule has 1 aromatic carbocycles. The standard InChI is InChI=1S/C18H28N2O2/c21-18-9-13-22-14-17(18)19-16-7-11-20(12-8-16)10-6-15-4-2-1-3-5-15/h1-5,16-19,21H,6-14H2/t17-,18-/m1/s1. The number of benzene rings is 1. The van der Waals surface area contributed by atoms with Crippen molar-refractivity contribution in [3.8, 4) is 0 Å². The van der Waals surface area contributed by atoms with E-state index in [4.69, 9.17) is 4.74 Å². The van der Waals surface area contributed by atoms with Crippen LogP contribution in [0.5, 0.6) is 0 Å². The van der Waals surface area contributed by atoms with Gasteiger partial charge in [-0.15, -0.1) is 0 Å². The first-order chi connectivity index (χ1) is 10.8. The molecule has 4 nitrogen and oxygen atoms in total. The minimum atomic E-state index is -0.245. The van der Waals surface area contributed by atoms with Gasteiger partial charge in [0.2, 0.25) is 0 Å². The molecule has 2 aliphatic heterocycles. The molecule has 2 N–H and O–H groups in total. The normalized spacial score (nSPS) is 27.9. The van der Waals surface area contributed by atoms with Crippen molar-refractivity contribution in [3.05, 3.63) is 35.9 Å². The van der Waals surface area contributed by atoms with Gasteiger partial charge in [0.15, 0.2) is 0 Å². The smallest absolute Gasteiger partial charge is 0.0737 e. The maximum atomic E-state index is 10.0. The number of hydrogen-bond donors (Lipinski definition) is 2. The van der Waals surface area contributed by atoms with Crippen molar-refractivity contribution in [2.45, 2.75) is 43.9 Å². The molecule has 0 saturated carbocycles. The maximum Gasteiger partial charge on any atom is 0.0737 e. The third-order valence-electron chi connectivity index (χ3n) is 4.92. The molecule has 0 aromatic heterocycles. The summed E-state index contributed by atoms with van der Waals surface area (Å²) in [6.45, 7) is 4.78. The van der Waals surface area contributed by atoms with Crippen molar-refractivity contribution in [2.24, 2.45) is 0 Å². The molecule has 0 radical (unpaired) electrons. The van der Waals surface area contributed by atoms with E-state index < -0.39 is 0 Å². The van der Waals surface area contributed by atoms with Crippen LogP contribution in [0.1, 0.15) is 24.8 Å². The third-order valence-corrected chi connectivity index (χ3v) is 4.92. The van der Waals surface area contributed by atoms with Crippen LogP contribution in [0.4, 0.5) is 0 Å². The van der Waals surface area contributed by atoms with Gasteiger partial charge in [0.1, 0.15) is 0 Å². The van der Waals surface area contributed by atoms with Crippen molar-refractivity contribution in [1.82, 2.24) is 10.2 Å². The zero-order valence-electron chi connectivity index (χ0n) is 13.3. The van der Waals surface area contributed by atoms with Gasteiger partial charge in [-0.3, -0.25) is 0 Å². The molecule has 122 valence electrons. The fourth-order valence-electron chi connectivity index (χ4n) is 3.44. The highest BCUT2D eigenvalue weighted by molar-refractivity contribution is 5.14. The summed E-state index contributed by atoms with van der Waals surface area (Å²) in [6.07, 6.45) is 3.97. The first kappa shape index (κ1) is 15.9. The fourth-order valence-corrected chi connectivity index (χ4v) is 3.44. The summed E-state index contributed by atoms with van der Waals surface area (Å²) in [5, 5.41) is 13.6. The summed E-state index contributed by atoms with van der Waals surface area (Å²) in [5.41, 5.74) is 1.42. The van der Waals surface area contributed by atoms with E-state index in [1.807, 2.05) is 0 Å². The topological polar surface area (TPSA) is 44.7 Å². The van der Waals surface area contributed by atoms with Gasteiger partial charge >= 0.3 is 0 Å². The minimum absolute atomic E-state index is 0.120. The van der Waals surface area contributed by atoms with Crippen LogP contribution in [-0.4, -0.2) is 61.0 Å². The predicted molar refractivity (Wildman–Crippen MR) is 88.0 cm³/mol. The van der Waals surface area contributed by atoms with E-state index in [0.29, 0.717) is 19.3 Å². The SMILES string of the molecule is O[C@@H]1CCOC[C@H]1NC1CCN(CCc2ccccc2)CC1. The second-order valence-electron chi connectivity index (χ2n) is 6.56. The summed E-state index contributed by atoms with van der Waals surface area (Å²) in [4.78, 5) is 2.55. The number of nitrogens with one attached hydrogen (secondary N) is 1. The Balaban J connectivity index is 1.37. The van der Waals surface area contributed by atoms with Gasteiger partial charge in [0.05, 0.1) is 18.8 Å². The molecule has 0 spiro atoms. The Hall–Kier alpha value is -0.940. The fraction of sp³-hybridized carbons (Fsp3) is 0.667. The highest BCUT2D eigenvalue weighted by Crippen LogP contribution is 2.15. The molecule has 0 amide bonds. The molecule has 1 aromatic rings. The number of likely N-dealkylation sites (tertiary alicyclic amines) is 1. The summed E-state index contributed by atoms with van der Waals surface area (Å²) in [5.74, 6) is 0. The largest absolute Gasteiger partial charge is 0.391 e. The Morgan fingerprint density at radius 1 is 1.14 bits per heavy atom. The van der Waals surface area contributed by atoms with E-state index in [1.165, 1.54) is 5.56 Å². The molecule has 3 rings (SSSR count). The van der Waals surface area contributed by atoms with Crippen LogP contribution >= 0.6 is 0 Å². The second kappa shape index (κ2) is 8.06. The maximum absolute atomic E-state index is 10.0. The van der Waals surface area contributed by atoms with E-state index in [1.54, 1.807) is 0 Å².